The minimum Gasteiger partial charge on any atom is -0.317 e. The fourth-order valence-electron chi connectivity index (χ4n) is 1.67. The third-order valence-corrected chi connectivity index (χ3v) is 2.84. The van der Waals surface area contributed by atoms with Crippen molar-refractivity contribution in [3.63, 3.8) is 0 Å². The lowest BCUT2D eigenvalue weighted by Crippen LogP contribution is -2.41. The highest BCUT2D eigenvalue weighted by atomic mass is 15.0. The lowest BCUT2D eigenvalue weighted by molar-refractivity contribution is 0.377. The molecule has 0 amide bonds. The van der Waals surface area contributed by atoms with Crippen molar-refractivity contribution in [3.05, 3.63) is 0 Å². The van der Waals surface area contributed by atoms with Gasteiger partial charge in [0, 0.05) is 12.1 Å². The Bertz CT molecular complexity index is 121. The summed E-state index contributed by atoms with van der Waals surface area (Å²) in [7, 11) is 2.02. The Kier molecular flexibility index (Phi) is 5.35. The molecule has 1 atom stereocenters. The number of rotatable bonds is 5. The molecule has 3 N–H and O–H groups in total. The second-order valence-electron chi connectivity index (χ2n) is 3.96. The third-order valence-electron chi connectivity index (χ3n) is 2.84. The zero-order valence-corrected chi connectivity index (χ0v) is 8.90. The summed E-state index contributed by atoms with van der Waals surface area (Å²) in [5.41, 5.74) is 0. The molecule has 0 bridgehead atoms. The van der Waals surface area contributed by atoms with E-state index in [1.807, 2.05) is 7.05 Å². The van der Waals surface area contributed by atoms with E-state index >= 15 is 0 Å². The van der Waals surface area contributed by atoms with E-state index in [0.717, 1.165) is 12.6 Å². The fraction of sp³-hybridized carbons (Fsp3) is 1.00. The fourth-order valence-corrected chi connectivity index (χ4v) is 1.67. The van der Waals surface area contributed by atoms with Crippen LogP contribution in [0.2, 0.25) is 0 Å². The smallest absolute Gasteiger partial charge is 0.00912 e. The average Bonchev–Trinajstić information content (AvgIpc) is 2.19. The molecule has 1 heterocycles. The molecule has 13 heavy (non-hydrogen) atoms. The largest absolute Gasteiger partial charge is 0.317 e. The van der Waals surface area contributed by atoms with Crippen LogP contribution >= 0.6 is 0 Å². The van der Waals surface area contributed by atoms with Gasteiger partial charge in [-0.05, 0) is 52.9 Å². The molecule has 1 fully saturated rings. The maximum atomic E-state index is 3.61. The quantitative estimate of drug-likeness (QED) is 0.577. The average molecular weight is 185 g/mol. The Morgan fingerprint density at radius 3 is 2.69 bits per heavy atom. The molecular formula is C10H23N3. The number of hydrogen-bond acceptors (Lipinski definition) is 3. The van der Waals surface area contributed by atoms with E-state index in [1.165, 1.54) is 32.4 Å². The first kappa shape index (κ1) is 11.0. The highest BCUT2D eigenvalue weighted by Crippen LogP contribution is 2.01. The summed E-state index contributed by atoms with van der Waals surface area (Å²) in [5.74, 6) is 0. The van der Waals surface area contributed by atoms with Crippen molar-refractivity contribution in [2.45, 2.75) is 38.3 Å². The van der Waals surface area contributed by atoms with Crippen LogP contribution in [0.1, 0.15) is 26.2 Å². The van der Waals surface area contributed by atoms with Gasteiger partial charge < -0.3 is 16.0 Å². The molecule has 0 aromatic carbocycles. The molecule has 0 aliphatic carbocycles. The van der Waals surface area contributed by atoms with Crippen molar-refractivity contribution in [3.8, 4) is 0 Å². The Morgan fingerprint density at radius 1 is 1.38 bits per heavy atom. The minimum absolute atomic E-state index is 0.634. The second kappa shape index (κ2) is 6.35. The molecule has 1 aliphatic rings. The SMILES string of the molecule is CNC(C)CCNC1CCNCC1. The van der Waals surface area contributed by atoms with Gasteiger partial charge in [0.1, 0.15) is 0 Å². The van der Waals surface area contributed by atoms with Crippen LogP contribution in [0.15, 0.2) is 0 Å². The summed E-state index contributed by atoms with van der Waals surface area (Å²) in [5, 5.41) is 10.2. The Morgan fingerprint density at radius 2 is 2.08 bits per heavy atom. The van der Waals surface area contributed by atoms with Crippen LogP contribution in [-0.2, 0) is 0 Å². The molecule has 0 aromatic heterocycles. The van der Waals surface area contributed by atoms with Crippen molar-refractivity contribution in [2.24, 2.45) is 0 Å². The van der Waals surface area contributed by atoms with Gasteiger partial charge in [-0.25, -0.2) is 0 Å². The maximum Gasteiger partial charge on any atom is 0.00912 e. The standard InChI is InChI=1S/C10H23N3/c1-9(11-2)3-8-13-10-4-6-12-7-5-10/h9-13H,3-8H2,1-2H3. The van der Waals surface area contributed by atoms with Gasteiger partial charge in [0.25, 0.3) is 0 Å². The number of nitrogens with one attached hydrogen (secondary N) is 3. The number of hydrogen-bond donors (Lipinski definition) is 3. The Hall–Kier alpha value is -0.120. The zero-order chi connectivity index (χ0) is 9.52. The molecule has 1 aliphatic heterocycles. The zero-order valence-electron chi connectivity index (χ0n) is 8.90. The van der Waals surface area contributed by atoms with Crippen LogP contribution in [0.4, 0.5) is 0 Å². The van der Waals surface area contributed by atoms with Gasteiger partial charge in [-0.15, -0.1) is 0 Å². The highest BCUT2D eigenvalue weighted by molar-refractivity contribution is 4.74. The molecule has 0 saturated carbocycles. The summed E-state index contributed by atoms with van der Waals surface area (Å²) in [4.78, 5) is 0. The van der Waals surface area contributed by atoms with E-state index in [0.29, 0.717) is 6.04 Å². The monoisotopic (exact) mass is 185 g/mol. The lowest BCUT2D eigenvalue weighted by Gasteiger charge is -2.24. The highest BCUT2D eigenvalue weighted by Gasteiger charge is 2.11. The van der Waals surface area contributed by atoms with Gasteiger partial charge in [-0.2, -0.15) is 0 Å². The summed E-state index contributed by atoms with van der Waals surface area (Å²) < 4.78 is 0. The van der Waals surface area contributed by atoms with Gasteiger partial charge in [0.15, 0.2) is 0 Å². The van der Waals surface area contributed by atoms with Crippen molar-refractivity contribution in [1.29, 1.82) is 0 Å². The number of piperidine rings is 1. The maximum absolute atomic E-state index is 3.61. The van der Waals surface area contributed by atoms with Gasteiger partial charge >= 0.3 is 0 Å². The Balaban J connectivity index is 1.98. The van der Waals surface area contributed by atoms with Crippen molar-refractivity contribution in [2.75, 3.05) is 26.7 Å². The van der Waals surface area contributed by atoms with Gasteiger partial charge in [0.05, 0.1) is 0 Å². The molecule has 0 radical (unpaired) electrons. The second-order valence-corrected chi connectivity index (χ2v) is 3.96. The van der Waals surface area contributed by atoms with Crippen molar-refractivity contribution >= 4 is 0 Å². The first-order chi connectivity index (χ1) is 6.33. The minimum atomic E-state index is 0.634. The van der Waals surface area contributed by atoms with Crippen LogP contribution < -0.4 is 16.0 Å². The topological polar surface area (TPSA) is 36.1 Å². The molecular weight excluding hydrogens is 162 g/mol. The van der Waals surface area contributed by atoms with E-state index in [1.54, 1.807) is 0 Å². The molecule has 78 valence electrons. The molecule has 1 saturated heterocycles. The van der Waals surface area contributed by atoms with Crippen LogP contribution in [-0.4, -0.2) is 38.8 Å². The van der Waals surface area contributed by atoms with Gasteiger partial charge in [-0.1, -0.05) is 0 Å². The summed E-state index contributed by atoms with van der Waals surface area (Å²) >= 11 is 0. The van der Waals surface area contributed by atoms with Crippen LogP contribution in [0.3, 0.4) is 0 Å². The summed E-state index contributed by atoms with van der Waals surface area (Å²) in [6.07, 6.45) is 3.79. The molecule has 0 spiro atoms. The van der Waals surface area contributed by atoms with E-state index in [4.69, 9.17) is 0 Å². The van der Waals surface area contributed by atoms with E-state index in [-0.39, 0.29) is 0 Å². The van der Waals surface area contributed by atoms with Crippen molar-refractivity contribution < 1.29 is 0 Å². The van der Waals surface area contributed by atoms with Crippen LogP contribution in [0.5, 0.6) is 0 Å². The predicted molar refractivity (Wildman–Crippen MR) is 57.0 cm³/mol. The third kappa shape index (κ3) is 4.60. The van der Waals surface area contributed by atoms with E-state index in [9.17, 15) is 0 Å². The molecule has 1 rings (SSSR count). The molecule has 3 heteroatoms. The summed E-state index contributed by atoms with van der Waals surface area (Å²) in [6, 6.07) is 1.39. The molecule has 1 unspecified atom stereocenters. The van der Waals surface area contributed by atoms with Gasteiger partial charge in [0.2, 0.25) is 0 Å². The van der Waals surface area contributed by atoms with E-state index in [2.05, 4.69) is 22.9 Å². The van der Waals surface area contributed by atoms with Crippen molar-refractivity contribution in [1.82, 2.24) is 16.0 Å². The first-order valence-corrected chi connectivity index (χ1v) is 5.44. The van der Waals surface area contributed by atoms with Crippen LogP contribution in [0.25, 0.3) is 0 Å². The predicted octanol–water partition coefficient (Wildman–Crippen LogP) is 0.326. The van der Waals surface area contributed by atoms with E-state index < -0.39 is 0 Å². The lowest BCUT2D eigenvalue weighted by atomic mass is 10.1. The summed E-state index contributed by atoms with van der Waals surface area (Å²) in [6.45, 7) is 5.73. The Labute approximate surface area is 81.7 Å². The van der Waals surface area contributed by atoms with Crippen LogP contribution in [0, 0.1) is 0 Å². The molecule has 0 aromatic rings. The molecule has 3 nitrogen and oxygen atoms in total. The normalized spacial score (nSPS) is 21.7. The first-order valence-electron chi connectivity index (χ1n) is 5.44. The van der Waals surface area contributed by atoms with Gasteiger partial charge in [-0.3, -0.25) is 0 Å².